The molecule has 0 saturated carbocycles. The van der Waals surface area contributed by atoms with Crippen molar-refractivity contribution in [1.82, 2.24) is 4.31 Å². The monoisotopic (exact) mass is 436 g/mol. The van der Waals surface area contributed by atoms with E-state index in [-0.39, 0.29) is 11.4 Å². The van der Waals surface area contributed by atoms with Gasteiger partial charge in [0.25, 0.3) is 0 Å². The third kappa shape index (κ3) is 4.68. The summed E-state index contributed by atoms with van der Waals surface area (Å²) < 4.78 is 37.8. The number of carbonyl (C=O) groups is 1. The van der Waals surface area contributed by atoms with Crippen LogP contribution in [0.4, 0.5) is 5.69 Å². The number of nitrogens with one attached hydrogen (secondary N) is 1. The summed E-state index contributed by atoms with van der Waals surface area (Å²) in [4.78, 5) is 13.5. The second-order valence-electron chi connectivity index (χ2n) is 6.75. The van der Waals surface area contributed by atoms with Crippen LogP contribution in [0, 0.1) is 13.8 Å². The van der Waals surface area contributed by atoms with Crippen LogP contribution < -0.4 is 14.8 Å². The molecule has 1 N–H and O–H groups in total. The van der Waals surface area contributed by atoms with Crippen LogP contribution in [-0.2, 0) is 14.8 Å². The van der Waals surface area contributed by atoms with Gasteiger partial charge in [0.1, 0.15) is 13.2 Å². The normalized spacial score (nSPS) is 13.4. The summed E-state index contributed by atoms with van der Waals surface area (Å²) in [5, 5.41) is 2.79. The lowest BCUT2D eigenvalue weighted by molar-refractivity contribution is -0.116. The number of anilines is 1. The highest BCUT2D eigenvalue weighted by Crippen LogP contribution is 2.39. The van der Waals surface area contributed by atoms with Gasteiger partial charge in [0.15, 0.2) is 11.5 Å². The quantitative estimate of drug-likeness (QED) is 0.701. The first-order chi connectivity index (χ1) is 13.7. The number of carbonyl (C=O) groups excluding carboxylic acids is 1. The second-order valence-corrected chi connectivity index (χ2v) is 9.64. The Morgan fingerprint density at radius 2 is 1.76 bits per heavy atom. The molecule has 0 aromatic heterocycles. The molecule has 2 aromatic rings. The van der Waals surface area contributed by atoms with Crippen molar-refractivity contribution < 1.29 is 22.7 Å². The van der Waals surface area contributed by atoms with E-state index < -0.39 is 15.9 Å². The van der Waals surface area contributed by atoms with Gasteiger partial charge in [0, 0.05) is 18.0 Å². The summed E-state index contributed by atoms with van der Waals surface area (Å²) in [5.41, 5.74) is 2.45. The molecule has 3 rings (SSSR count). The number of benzene rings is 2. The number of fused-ring (bicyclic) bond motifs is 1. The number of thioether (sulfide) groups is 1. The number of hydrogen-bond donors (Lipinski definition) is 1. The molecule has 1 aliphatic rings. The Kier molecular flexibility index (Phi) is 6.40. The van der Waals surface area contributed by atoms with Crippen LogP contribution in [0.25, 0.3) is 0 Å². The molecule has 7 nitrogen and oxygen atoms in total. The predicted octanol–water partition coefficient (Wildman–Crippen LogP) is 3.06. The number of rotatable bonds is 6. The van der Waals surface area contributed by atoms with Crippen molar-refractivity contribution in [2.45, 2.75) is 23.6 Å². The van der Waals surface area contributed by atoms with E-state index in [1.54, 1.807) is 24.3 Å². The molecular weight excluding hydrogens is 412 g/mol. The standard InChI is InChI=1S/C20H24N2O5S2/c1-13-5-6-15(9-14(13)2)29(24,25)22(3)12-20(23)21-16-10-17-18(11-19(16)28-4)27-8-7-26-17/h5-6,9-11H,7-8,12H2,1-4H3,(H,21,23). The smallest absolute Gasteiger partial charge is 0.243 e. The lowest BCUT2D eigenvalue weighted by Gasteiger charge is -2.21. The minimum atomic E-state index is -3.77. The Hall–Kier alpha value is -2.23. The zero-order valence-electron chi connectivity index (χ0n) is 16.8. The largest absolute Gasteiger partial charge is 0.486 e. The third-order valence-corrected chi connectivity index (χ3v) is 7.27. The van der Waals surface area contributed by atoms with Crippen LogP contribution in [-0.4, -0.2) is 51.7 Å². The summed E-state index contributed by atoms with van der Waals surface area (Å²) in [6.07, 6.45) is 1.89. The average molecular weight is 437 g/mol. The molecule has 0 saturated heterocycles. The molecule has 0 aliphatic carbocycles. The first-order valence-electron chi connectivity index (χ1n) is 9.03. The van der Waals surface area contributed by atoms with Gasteiger partial charge >= 0.3 is 0 Å². The van der Waals surface area contributed by atoms with E-state index >= 15 is 0 Å². The number of sulfonamides is 1. The first-order valence-corrected chi connectivity index (χ1v) is 11.7. The van der Waals surface area contributed by atoms with Crippen molar-refractivity contribution in [3.8, 4) is 11.5 Å². The van der Waals surface area contributed by atoms with E-state index in [9.17, 15) is 13.2 Å². The highest BCUT2D eigenvalue weighted by atomic mass is 32.2. The number of ether oxygens (including phenoxy) is 2. The Balaban J connectivity index is 1.75. The minimum absolute atomic E-state index is 0.167. The molecular formula is C20H24N2O5S2. The molecule has 156 valence electrons. The maximum atomic E-state index is 12.8. The molecule has 29 heavy (non-hydrogen) atoms. The Morgan fingerprint density at radius 1 is 1.10 bits per heavy atom. The number of likely N-dealkylation sites (N-methyl/N-ethyl adjacent to an activating group) is 1. The van der Waals surface area contributed by atoms with Crippen LogP contribution in [0.1, 0.15) is 11.1 Å². The van der Waals surface area contributed by atoms with E-state index in [0.29, 0.717) is 30.4 Å². The van der Waals surface area contributed by atoms with Crippen LogP contribution in [0.5, 0.6) is 11.5 Å². The number of nitrogens with zero attached hydrogens (tertiary/aromatic N) is 1. The Morgan fingerprint density at radius 3 is 2.38 bits per heavy atom. The maximum Gasteiger partial charge on any atom is 0.243 e. The summed E-state index contributed by atoms with van der Waals surface area (Å²) in [7, 11) is -2.38. The van der Waals surface area contributed by atoms with Gasteiger partial charge in [-0.2, -0.15) is 4.31 Å². The minimum Gasteiger partial charge on any atom is -0.486 e. The molecule has 1 amide bonds. The fourth-order valence-corrected chi connectivity index (χ4v) is 4.64. The van der Waals surface area contributed by atoms with Gasteiger partial charge in [0.2, 0.25) is 15.9 Å². The molecule has 0 bridgehead atoms. The van der Waals surface area contributed by atoms with Crippen molar-refractivity contribution in [1.29, 1.82) is 0 Å². The molecule has 0 radical (unpaired) electrons. The van der Waals surface area contributed by atoms with Gasteiger partial charge in [-0.05, 0) is 49.4 Å². The highest BCUT2D eigenvalue weighted by molar-refractivity contribution is 7.98. The zero-order chi connectivity index (χ0) is 21.2. The molecule has 0 spiro atoms. The molecule has 9 heteroatoms. The van der Waals surface area contributed by atoms with E-state index in [0.717, 1.165) is 20.3 Å². The SMILES string of the molecule is CSc1cc2c(cc1NC(=O)CN(C)S(=O)(=O)c1ccc(C)c(C)c1)OCCO2. The van der Waals surface area contributed by atoms with E-state index in [4.69, 9.17) is 9.47 Å². The molecule has 1 heterocycles. The molecule has 0 fully saturated rings. The number of amides is 1. The zero-order valence-corrected chi connectivity index (χ0v) is 18.4. The topological polar surface area (TPSA) is 84.9 Å². The van der Waals surface area contributed by atoms with Gasteiger partial charge < -0.3 is 14.8 Å². The van der Waals surface area contributed by atoms with E-state index in [2.05, 4.69) is 5.32 Å². The Labute approximate surface area is 175 Å². The van der Waals surface area contributed by atoms with E-state index in [1.165, 1.54) is 18.8 Å². The van der Waals surface area contributed by atoms with Gasteiger partial charge in [-0.1, -0.05) is 6.07 Å². The summed E-state index contributed by atoms with van der Waals surface area (Å²) >= 11 is 1.45. The molecule has 1 aliphatic heterocycles. The first kappa shape index (κ1) is 21.5. The molecule has 0 unspecified atom stereocenters. The van der Waals surface area contributed by atoms with Crippen LogP contribution in [0.15, 0.2) is 40.1 Å². The van der Waals surface area contributed by atoms with Crippen LogP contribution in [0.3, 0.4) is 0 Å². The number of aryl methyl sites for hydroxylation is 2. The Bertz CT molecular complexity index is 1040. The van der Waals surface area contributed by atoms with Gasteiger partial charge in [0.05, 0.1) is 17.1 Å². The van der Waals surface area contributed by atoms with Crippen LogP contribution in [0.2, 0.25) is 0 Å². The van der Waals surface area contributed by atoms with Crippen molar-refractivity contribution in [3.05, 3.63) is 41.5 Å². The lowest BCUT2D eigenvalue weighted by Crippen LogP contribution is -2.35. The summed E-state index contributed by atoms with van der Waals surface area (Å²) in [5.74, 6) is 0.750. The van der Waals surface area contributed by atoms with E-state index in [1.807, 2.05) is 26.2 Å². The molecule has 0 atom stereocenters. The fraction of sp³-hybridized carbons (Fsp3) is 0.350. The van der Waals surface area contributed by atoms with Gasteiger partial charge in [-0.15, -0.1) is 11.8 Å². The predicted molar refractivity (Wildman–Crippen MR) is 114 cm³/mol. The average Bonchev–Trinajstić information content (AvgIpc) is 2.69. The fourth-order valence-electron chi connectivity index (χ4n) is 2.87. The van der Waals surface area contributed by atoms with Crippen molar-refractivity contribution in [2.75, 3.05) is 38.4 Å². The van der Waals surface area contributed by atoms with Crippen molar-refractivity contribution in [2.24, 2.45) is 0 Å². The van der Waals surface area contributed by atoms with Crippen molar-refractivity contribution in [3.63, 3.8) is 0 Å². The van der Waals surface area contributed by atoms with Crippen molar-refractivity contribution >= 4 is 33.4 Å². The summed E-state index contributed by atoms with van der Waals surface area (Å²) in [6.45, 7) is 4.38. The van der Waals surface area contributed by atoms with Crippen LogP contribution >= 0.6 is 11.8 Å². The lowest BCUT2D eigenvalue weighted by atomic mass is 10.1. The molecule has 2 aromatic carbocycles. The van der Waals surface area contributed by atoms with Gasteiger partial charge in [-0.3, -0.25) is 4.79 Å². The highest BCUT2D eigenvalue weighted by Gasteiger charge is 2.24. The van der Waals surface area contributed by atoms with Gasteiger partial charge in [-0.25, -0.2) is 8.42 Å². The third-order valence-electron chi connectivity index (χ3n) is 4.69. The second kappa shape index (κ2) is 8.64. The summed E-state index contributed by atoms with van der Waals surface area (Å²) in [6, 6.07) is 8.45. The number of hydrogen-bond acceptors (Lipinski definition) is 6. The maximum absolute atomic E-state index is 12.8.